The molecule has 0 aromatic carbocycles. The highest BCUT2D eigenvalue weighted by atomic mass is 28.3. The van der Waals surface area contributed by atoms with Gasteiger partial charge in [-0.05, 0) is 96.3 Å². The molecule has 36 heavy (non-hydrogen) atoms. The first-order valence-corrected chi connectivity index (χ1v) is 18.9. The molecule has 0 aliphatic rings. The van der Waals surface area contributed by atoms with E-state index in [-0.39, 0.29) is 0 Å². The number of nitrogens with zero attached hydrogens (tertiary/aromatic N) is 3. The number of allylic oxidation sites excluding steroid dienone is 6. The fourth-order valence-corrected chi connectivity index (χ4v) is 17.1. The molecule has 0 spiro atoms. The minimum Gasteiger partial charge on any atom is -0.330 e. The number of hydrogen-bond acceptors (Lipinski definition) is 2. The Bertz CT molecular complexity index is 737. The van der Waals surface area contributed by atoms with E-state index in [0.717, 1.165) is 43.6 Å². The topological polar surface area (TPSA) is 74.8 Å². The lowest BCUT2D eigenvalue weighted by molar-refractivity contribution is 0.888. The average Bonchev–Trinajstić information content (AvgIpc) is 2.67. The molecule has 0 radical (unpaired) electrons. The highest BCUT2D eigenvalue weighted by Gasteiger charge is 2.33. The zero-order chi connectivity index (χ0) is 28.4. The highest BCUT2D eigenvalue weighted by Crippen LogP contribution is 2.36. The zero-order valence-electron chi connectivity index (χ0n) is 24.6. The maximum atomic E-state index is 8.36. The minimum absolute atomic E-state index is 0.591. The van der Waals surface area contributed by atoms with Crippen LogP contribution in [0.1, 0.15) is 54.4 Å². The van der Waals surface area contributed by atoms with Crippen molar-refractivity contribution in [3.05, 3.63) is 83.4 Å². The molecular formula is C30H56N4Si2. The van der Waals surface area contributed by atoms with Gasteiger partial charge in [-0.3, -0.25) is 0 Å². The van der Waals surface area contributed by atoms with Gasteiger partial charge < -0.3 is 5.73 Å². The normalized spacial score (nSPS) is 11.0. The monoisotopic (exact) mass is 528 g/mol. The van der Waals surface area contributed by atoms with Gasteiger partial charge >= 0.3 is 0 Å². The van der Waals surface area contributed by atoms with Crippen LogP contribution in [-0.4, -0.2) is 29.2 Å². The van der Waals surface area contributed by atoms with Crippen LogP contribution in [0.2, 0.25) is 48.4 Å². The van der Waals surface area contributed by atoms with Crippen LogP contribution in [0.4, 0.5) is 0 Å². The molecular weight excluding hydrogens is 473 g/mol. The molecule has 4 nitrogen and oxygen atoms in total. The second kappa shape index (κ2) is 19.3. The second-order valence-corrected chi connectivity index (χ2v) is 20.9. The van der Waals surface area contributed by atoms with Crippen molar-refractivity contribution in [2.75, 3.05) is 13.1 Å². The van der Waals surface area contributed by atoms with Crippen LogP contribution in [0.15, 0.2) is 78.0 Å². The van der Waals surface area contributed by atoms with Crippen LogP contribution >= 0.6 is 0 Å². The third-order valence-electron chi connectivity index (χ3n) is 6.00. The Morgan fingerprint density at radius 2 is 0.889 bits per heavy atom. The number of nitrogens with two attached hydrogens (primary N) is 1. The molecule has 0 aliphatic carbocycles. The summed E-state index contributed by atoms with van der Waals surface area (Å²) in [5.74, 6) is 0. The summed E-state index contributed by atoms with van der Waals surface area (Å²) in [4.78, 5) is 2.83. The second-order valence-electron chi connectivity index (χ2n) is 11.8. The summed E-state index contributed by atoms with van der Waals surface area (Å²) < 4.78 is 0. The summed E-state index contributed by atoms with van der Waals surface area (Å²) in [7, 11) is -2.90. The molecule has 0 heterocycles. The fraction of sp³-hybridized carbons (Fsp3) is 0.600. The third-order valence-corrected chi connectivity index (χ3v) is 17.0. The largest absolute Gasteiger partial charge is 0.330 e. The van der Waals surface area contributed by atoms with E-state index in [0.29, 0.717) is 6.54 Å². The highest BCUT2D eigenvalue weighted by molar-refractivity contribution is 6.82. The van der Waals surface area contributed by atoms with Crippen molar-refractivity contribution < 1.29 is 0 Å². The predicted molar refractivity (Wildman–Crippen MR) is 171 cm³/mol. The maximum absolute atomic E-state index is 8.36. The Morgan fingerprint density at radius 1 is 0.611 bits per heavy atom. The van der Waals surface area contributed by atoms with Crippen LogP contribution < -0.4 is 5.73 Å². The lowest BCUT2D eigenvalue weighted by atomic mass is 10.4. The Hall–Kier alpha value is -1.86. The van der Waals surface area contributed by atoms with Gasteiger partial charge in [-0.15, -0.1) is 39.5 Å². The van der Waals surface area contributed by atoms with E-state index in [1.54, 1.807) is 0 Å². The van der Waals surface area contributed by atoms with Crippen LogP contribution in [0.3, 0.4) is 0 Å². The molecule has 6 heteroatoms. The van der Waals surface area contributed by atoms with E-state index in [1.807, 2.05) is 0 Å². The van der Waals surface area contributed by atoms with Gasteiger partial charge in [0.1, 0.15) is 0 Å². The number of azide groups is 1. The molecule has 0 unspecified atom stereocenters. The Morgan fingerprint density at radius 3 is 1.11 bits per heavy atom. The van der Waals surface area contributed by atoms with Gasteiger partial charge in [-0.25, -0.2) is 0 Å². The average molecular weight is 529 g/mol. The quantitative estimate of drug-likeness (QED) is 0.0444. The van der Waals surface area contributed by atoms with Crippen molar-refractivity contribution in [1.82, 2.24) is 0 Å². The standard InChI is InChI=1S/C15H27N3Si.C15H29NSi/c1-13(2)10-19(11-14(3)4,12-15(5)6)9-7-8-17-18-16;1-13(2)10-17(9-7-8-16,11-14(3)4)12-15(5)6/h1,3,5,7-12H2,2,4,6H3;1,3,5,7-12,16H2,2,4,6H3. The van der Waals surface area contributed by atoms with E-state index in [9.17, 15) is 0 Å². The smallest absolute Gasteiger partial charge is 0.0656 e. The van der Waals surface area contributed by atoms with Gasteiger partial charge in [0.2, 0.25) is 0 Å². The lowest BCUT2D eigenvalue weighted by Gasteiger charge is -2.33. The fourth-order valence-electron chi connectivity index (χ4n) is 5.79. The Labute approximate surface area is 225 Å². The van der Waals surface area contributed by atoms with Crippen LogP contribution in [0, 0.1) is 0 Å². The summed E-state index contributed by atoms with van der Waals surface area (Å²) >= 11 is 0. The predicted octanol–water partition coefficient (Wildman–Crippen LogP) is 10.4. The van der Waals surface area contributed by atoms with E-state index >= 15 is 0 Å². The van der Waals surface area contributed by atoms with E-state index < -0.39 is 16.1 Å². The molecule has 0 atom stereocenters. The molecule has 0 saturated carbocycles. The molecule has 204 valence electrons. The first-order valence-electron chi connectivity index (χ1n) is 13.2. The molecule has 0 fully saturated rings. The summed E-state index contributed by atoms with van der Waals surface area (Å²) in [5, 5.41) is 3.65. The Kier molecular flexibility index (Phi) is 19.4. The number of hydrogen-bond donors (Lipinski definition) is 1. The van der Waals surface area contributed by atoms with Crippen molar-refractivity contribution in [3.63, 3.8) is 0 Å². The summed E-state index contributed by atoms with van der Waals surface area (Å²) in [6.45, 7) is 38.7. The molecule has 0 aromatic heterocycles. The molecule has 0 amide bonds. The van der Waals surface area contributed by atoms with Crippen molar-refractivity contribution in [3.8, 4) is 0 Å². The van der Waals surface area contributed by atoms with Gasteiger partial charge in [0.25, 0.3) is 0 Å². The molecule has 2 N–H and O–H groups in total. The SMILES string of the molecule is C=C(C)C[Si](CCCN)(CC(=C)C)CC(=C)C.C=C(C)C[Si](CCCN=[N+]=[N-])(CC(=C)C)CC(=C)C. The van der Waals surface area contributed by atoms with E-state index in [4.69, 9.17) is 11.3 Å². The van der Waals surface area contributed by atoms with Crippen LogP contribution in [0.5, 0.6) is 0 Å². The molecule has 0 saturated heterocycles. The molecule has 0 aromatic rings. The maximum Gasteiger partial charge on any atom is 0.0656 e. The van der Waals surface area contributed by atoms with Gasteiger partial charge in [0.15, 0.2) is 0 Å². The first-order chi connectivity index (χ1) is 16.6. The lowest BCUT2D eigenvalue weighted by Crippen LogP contribution is -2.35. The van der Waals surface area contributed by atoms with Crippen molar-refractivity contribution in [2.24, 2.45) is 10.8 Å². The summed E-state index contributed by atoms with van der Waals surface area (Å²) in [5.41, 5.74) is 21.7. The van der Waals surface area contributed by atoms with Crippen molar-refractivity contribution in [2.45, 2.75) is 103 Å². The minimum atomic E-state index is -1.52. The van der Waals surface area contributed by atoms with Gasteiger partial charge in [0.05, 0.1) is 16.1 Å². The van der Waals surface area contributed by atoms with Crippen LogP contribution in [-0.2, 0) is 0 Å². The van der Waals surface area contributed by atoms with Crippen LogP contribution in [0.25, 0.3) is 10.4 Å². The molecule has 0 aliphatic heterocycles. The van der Waals surface area contributed by atoms with Crippen molar-refractivity contribution >= 4 is 16.1 Å². The number of rotatable bonds is 19. The van der Waals surface area contributed by atoms with Gasteiger partial charge in [0, 0.05) is 11.5 Å². The van der Waals surface area contributed by atoms with Crippen molar-refractivity contribution in [1.29, 1.82) is 0 Å². The van der Waals surface area contributed by atoms with Gasteiger partial charge in [-0.1, -0.05) is 57.1 Å². The van der Waals surface area contributed by atoms with E-state index in [1.165, 1.54) is 57.6 Å². The molecule has 0 rings (SSSR count). The molecule has 0 bridgehead atoms. The summed E-state index contributed by atoms with van der Waals surface area (Å²) in [6.07, 6.45) is 2.09. The summed E-state index contributed by atoms with van der Waals surface area (Å²) in [6, 6.07) is 9.33. The third kappa shape index (κ3) is 19.3. The van der Waals surface area contributed by atoms with E-state index in [2.05, 4.69) is 91.0 Å². The Balaban J connectivity index is 0. The zero-order valence-corrected chi connectivity index (χ0v) is 26.6. The first kappa shape index (κ1) is 36.3. The van der Waals surface area contributed by atoms with Gasteiger partial charge in [-0.2, -0.15) is 0 Å².